The number of aromatic nitrogens is 2. The van der Waals surface area contributed by atoms with Gasteiger partial charge in [-0.25, -0.2) is 0 Å². The van der Waals surface area contributed by atoms with Gasteiger partial charge < -0.3 is 0 Å². The molecular weight excluding hydrogens is 275 g/mol. The van der Waals surface area contributed by atoms with E-state index in [-0.39, 0.29) is 0 Å². The van der Waals surface area contributed by atoms with E-state index in [2.05, 4.69) is 34.9 Å². The fraction of sp³-hybridized carbons (Fsp3) is 0.364. The summed E-state index contributed by atoms with van der Waals surface area (Å²) in [6, 6.07) is 6.05. The Morgan fingerprint density at radius 1 is 1.47 bits per heavy atom. The van der Waals surface area contributed by atoms with Gasteiger partial charge in [0.05, 0.1) is 5.52 Å². The van der Waals surface area contributed by atoms with Crippen molar-refractivity contribution < 1.29 is 0 Å². The summed E-state index contributed by atoms with van der Waals surface area (Å²) in [6.07, 6.45) is 0. The molecule has 1 heterocycles. The van der Waals surface area contributed by atoms with E-state index in [1.54, 1.807) is 0 Å². The fourth-order valence-electron chi connectivity index (χ4n) is 1.60. The Hall–Kier alpha value is -0.540. The highest BCUT2D eigenvalue weighted by molar-refractivity contribution is 9.10. The van der Waals surface area contributed by atoms with Gasteiger partial charge in [0.2, 0.25) is 0 Å². The topological polar surface area (TPSA) is 17.8 Å². The number of benzene rings is 1. The van der Waals surface area contributed by atoms with Crippen molar-refractivity contribution in [3.8, 4) is 0 Å². The molecule has 2 aromatic rings. The lowest BCUT2D eigenvalue weighted by atomic mass is 10.2. The van der Waals surface area contributed by atoms with E-state index in [9.17, 15) is 0 Å². The third kappa shape index (κ3) is 2.18. The number of hydrogen-bond acceptors (Lipinski definition) is 1. The zero-order valence-corrected chi connectivity index (χ0v) is 11.0. The molecule has 1 aromatic carbocycles. The molecule has 2 nitrogen and oxygen atoms in total. The van der Waals surface area contributed by atoms with Crippen molar-refractivity contribution in [1.82, 2.24) is 9.78 Å². The molecule has 0 bridgehead atoms. The second kappa shape index (κ2) is 4.14. The number of nitrogens with zero attached hydrogens (tertiary/aromatic N) is 2. The quantitative estimate of drug-likeness (QED) is 0.813. The predicted octanol–water partition coefficient (Wildman–Crippen LogP) is 4.11. The highest BCUT2D eigenvalue weighted by atomic mass is 79.9. The van der Waals surface area contributed by atoms with Gasteiger partial charge in [-0.2, -0.15) is 5.10 Å². The van der Waals surface area contributed by atoms with Crippen LogP contribution < -0.4 is 0 Å². The second-order valence-corrected chi connectivity index (χ2v) is 5.30. The van der Waals surface area contributed by atoms with Crippen molar-refractivity contribution in [1.29, 1.82) is 0 Å². The Morgan fingerprint density at radius 3 is 2.87 bits per heavy atom. The number of fused-ring (bicyclic) bond motifs is 1. The Bertz CT molecular complexity index is 491. The normalized spacial score (nSPS) is 11.5. The molecule has 0 fully saturated rings. The van der Waals surface area contributed by atoms with Crippen LogP contribution in [0.3, 0.4) is 0 Å². The fourth-order valence-corrected chi connectivity index (χ4v) is 2.20. The van der Waals surface area contributed by atoms with E-state index >= 15 is 0 Å². The van der Waals surface area contributed by atoms with Crippen molar-refractivity contribution in [3.63, 3.8) is 0 Å². The van der Waals surface area contributed by atoms with Gasteiger partial charge in [-0.15, -0.1) is 0 Å². The molecule has 0 spiro atoms. The Morgan fingerprint density at radius 2 is 2.20 bits per heavy atom. The van der Waals surface area contributed by atoms with Crippen molar-refractivity contribution in [2.24, 2.45) is 5.92 Å². The van der Waals surface area contributed by atoms with Crippen molar-refractivity contribution in [3.05, 3.63) is 27.8 Å². The molecule has 0 radical (unpaired) electrons. The van der Waals surface area contributed by atoms with E-state index in [0.717, 1.165) is 21.9 Å². The van der Waals surface area contributed by atoms with Crippen LogP contribution in [0.15, 0.2) is 22.7 Å². The lowest BCUT2D eigenvalue weighted by molar-refractivity contribution is 0.495. The predicted molar refractivity (Wildman–Crippen MR) is 67.3 cm³/mol. The Kier molecular flexibility index (Phi) is 3.03. The minimum atomic E-state index is 0.563. The summed E-state index contributed by atoms with van der Waals surface area (Å²) in [5.41, 5.74) is 1.09. The van der Waals surface area contributed by atoms with Gasteiger partial charge in [-0.05, 0) is 24.1 Å². The van der Waals surface area contributed by atoms with Crippen LogP contribution in [0.4, 0.5) is 0 Å². The molecule has 0 unspecified atom stereocenters. The molecule has 0 N–H and O–H groups in total. The minimum absolute atomic E-state index is 0.563. The third-order valence-electron chi connectivity index (χ3n) is 2.21. The van der Waals surface area contributed by atoms with Crippen LogP contribution in [-0.2, 0) is 6.54 Å². The first-order valence-electron chi connectivity index (χ1n) is 4.89. The molecule has 0 saturated heterocycles. The first-order valence-corrected chi connectivity index (χ1v) is 6.06. The third-order valence-corrected chi connectivity index (χ3v) is 2.98. The molecule has 0 aliphatic carbocycles. The lowest BCUT2D eigenvalue weighted by Crippen LogP contribution is -2.05. The van der Waals surface area contributed by atoms with Crippen LogP contribution in [-0.4, -0.2) is 9.78 Å². The van der Waals surface area contributed by atoms with Gasteiger partial charge in [0.15, 0.2) is 5.15 Å². The highest BCUT2D eigenvalue weighted by Gasteiger charge is 2.09. The van der Waals surface area contributed by atoms with Gasteiger partial charge in [-0.3, -0.25) is 4.68 Å². The molecule has 0 amide bonds. The molecule has 4 heteroatoms. The van der Waals surface area contributed by atoms with Gasteiger partial charge >= 0.3 is 0 Å². The summed E-state index contributed by atoms with van der Waals surface area (Å²) in [6.45, 7) is 5.23. The summed E-state index contributed by atoms with van der Waals surface area (Å²) in [5, 5.41) is 5.91. The van der Waals surface area contributed by atoms with Gasteiger partial charge in [0.25, 0.3) is 0 Å². The van der Waals surface area contributed by atoms with Gasteiger partial charge in [-0.1, -0.05) is 41.4 Å². The Labute approximate surface area is 102 Å². The summed E-state index contributed by atoms with van der Waals surface area (Å²) < 4.78 is 3.00. The maximum atomic E-state index is 6.08. The zero-order valence-electron chi connectivity index (χ0n) is 8.67. The number of hydrogen-bond donors (Lipinski definition) is 0. The molecule has 80 valence electrons. The molecule has 0 saturated carbocycles. The van der Waals surface area contributed by atoms with Gasteiger partial charge in [0, 0.05) is 16.4 Å². The summed E-state index contributed by atoms with van der Waals surface area (Å²) in [7, 11) is 0. The van der Waals surface area contributed by atoms with Crippen molar-refractivity contribution in [2.45, 2.75) is 20.4 Å². The first kappa shape index (κ1) is 11.0. The van der Waals surface area contributed by atoms with Gasteiger partial charge in [0.1, 0.15) is 0 Å². The maximum absolute atomic E-state index is 6.08. The monoisotopic (exact) mass is 286 g/mol. The molecule has 1 aromatic heterocycles. The smallest absolute Gasteiger partial charge is 0.158 e. The van der Waals surface area contributed by atoms with Crippen LogP contribution in [0.1, 0.15) is 13.8 Å². The second-order valence-electron chi connectivity index (χ2n) is 4.03. The largest absolute Gasteiger partial charge is 0.263 e. The average Bonchev–Trinajstić information content (AvgIpc) is 2.42. The molecule has 0 aliphatic heterocycles. The van der Waals surface area contributed by atoms with Crippen LogP contribution in [0, 0.1) is 5.92 Å². The molecule has 0 aliphatic rings. The SMILES string of the molecule is CC(C)Cn1nc(Cl)c2cc(Br)ccc21. The molecule has 2 rings (SSSR count). The highest BCUT2D eigenvalue weighted by Crippen LogP contribution is 2.26. The number of halogens is 2. The number of rotatable bonds is 2. The maximum Gasteiger partial charge on any atom is 0.158 e. The van der Waals surface area contributed by atoms with Crippen LogP contribution >= 0.6 is 27.5 Å². The average molecular weight is 288 g/mol. The van der Waals surface area contributed by atoms with E-state index in [0.29, 0.717) is 11.1 Å². The molecule has 15 heavy (non-hydrogen) atoms. The van der Waals surface area contributed by atoms with Crippen molar-refractivity contribution in [2.75, 3.05) is 0 Å². The standard InChI is InChI=1S/C11H12BrClN2/c1-7(2)6-15-10-4-3-8(12)5-9(10)11(13)14-15/h3-5,7H,6H2,1-2H3. The molecule has 0 atom stereocenters. The van der Waals surface area contributed by atoms with Crippen LogP contribution in [0.25, 0.3) is 10.9 Å². The molecular formula is C11H12BrClN2. The zero-order chi connectivity index (χ0) is 11.0. The summed E-state index contributed by atoms with van der Waals surface area (Å²) >= 11 is 9.51. The summed E-state index contributed by atoms with van der Waals surface area (Å²) in [4.78, 5) is 0. The van der Waals surface area contributed by atoms with Crippen LogP contribution in [0.2, 0.25) is 5.15 Å². The van der Waals surface area contributed by atoms with Crippen molar-refractivity contribution >= 4 is 38.4 Å². The minimum Gasteiger partial charge on any atom is -0.263 e. The van der Waals surface area contributed by atoms with E-state index in [1.807, 2.05) is 22.9 Å². The van der Waals surface area contributed by atoms with E-state index in [1.165, 1.54) is 0 Å². The van der Waals surface area contributed by atoms with E-state index in [4.69, 9.17) is 11.6 Å². The first-order chi connectivity index (χ1) is 7.08. The summed E-state index contributed by atoms with van der Waals surface area (Å²) in [5.74, 6) is 0.563. The Balaban J connectivity index is 2.57. The van der Waals surface area contributed by atoms with Crippen LogP contribution in [0.5, 0.6) is 0 Å². The van der Waals surface area contributed by atoms with E-state index < -0.39 is 0 Å². The lowest BCUT2D eigenvalue weighted by Gasteiger charge is -2.05.